The molecule has 0 saturated heterocycles. The van der Waals surface area contributed by atoms with Gasteiger partial charge in [0.05, 0.1) is 19.3 Å². The van der Waals surface area contributed by atoms with Gasteiger partial charge in [0.15, 0.2) is 0 Å². The van der Waals surface area contributed by atoms with Crippen LogP contribution in [-0.4, -0.2) is 23.3 Å². The molecule has 4 nitrogen and oxygen atoms in total. The summed E-state index contributed by atoms with van der Waals surface area (Å²) in [4.78, 5) is 4.18. The molecule has 1 heterocycles. The highest BCUT2D eigenvalue weighted by Crippen LogP contribution is 2.19. The Kier molecular flexibility index (Phi) is 3.43. The lowest BCUT2D eigenvalue weighted by atomic mass is 10.0. The highest BCUT2D eigenvalue weighted by molar-refractivity contribution is 5.28. The van der Waals surface area contributed by atoms with Crippen LogP contribution in [0.5, 0.6) is 5.88 Å². The van der Waals surface area contributed by atoms with E-state index in [1.807, 2.05) is 13.0 Å². The first-order valence-corrected chi connectivity index (χ1v) is 4.51. The van der Waals surface area contributed by atoms with Crippen LogP contribution in [0.4, 0.5) is 0 Å². The van der Waals surface area contributed by atoms with E-state index >= 15 is 0 Å². The summed E-state index contributed by atoms with van der Waals surface area (Å²) in [5.41, 5.74) is 7.44. The Bertz CT molecular complexity index is 313. The molecule has 0 aliphatic carbocycles. The molecule has 1 aromatic rings. The normalized spacial score (nSPS) is 14.9. The zero-order chi connectivity index (χ0) is 10.7. The van der Waals surface area contributed by atoms with Crippen molar-refractivity contribution < 1.29 is 9.84 Å². The summed E-state index contributed by atoms with van der Waals surface area (Å²) in [6.45, 7) is 3.51. The lowest BCUT2D eigenvalue weighted by Crippen LogP contribution is -2.24. The minimum absolute atomic E-state index is 0.395. The number of methoxy groups -OCH3 is 1. The predicted octanol–water partition coefficient (Wildman–Crippen LogP) is 0.779. The summed E-state index contributed by atoms with van der Waals surface area (Å²) >= 11 is 0. The van der Waals surface area contributed by atoms with Crippen LogP contribution in [0.15, 0.2) is 12.1 Å². The standard InChI is InChI=1S/C10H16N2O2/c1-6-8(10(11)7(2)13)4-5-9(12-6)14-3/h4-5,7,10,13H,11H2,1-3H3/t7-,10+/m1/s1. The van der Waals surface area contributed by atoms with Crippen molar-refractivity contribution >= 4 is 0 Å². The quantitative estimate of drug-likeness (QED) is 0.749. The van der Waals surface area contributed by atoms with Gasteiger partial charge in [-0.15, -0.1) is 0 Å². The fourth-order valence-corrected chi connectivity index (χ4v) is 1.27. The number of ether oxygens (including phenoxy) is 1. The van der Waals surface area contributed by atoms with Gasteiger partial charge in [0.25, 0.3) is 0 Å². The maximum Gasteiger partial charge on any atom is 0.213 e. The highest BCUT2D eigenvalue weighted by atomic mass is 16.5. The van der Waals surface area contributed by atoms with Gasteiger partial charge in [-0.1, -0.05) is 6.07 Å². The molecule has 0 bridgehead atoms. The first kappa shape index (κ1) is 10.9. The number of aliphatic hydroxyl groups excluding tert-OH is 1. The summed E-state index contributed by atoms with van der Waals surface area (Å²) < 4.78 is 4.98. The third-order valence-electron chi connectivity index (χ3n) is 2.19. The summed E-state index contributed by atoms with van der Waals surface area (Å²) in [5, 5.41) is 9.34. The van der Waals surface area contributed by atoms with Gasteiger partial charge in [-0.3, -0.25) is 0 Å². The number of aromatic nitrogens is 1. The molecule has 0 unspecified atom stereocenters. The zero-order valence-electron chi connectivity index (χ0n) is 8.69. The largest absolute Gasteiger partial charge is 0.481 e. The van der Waals surface area contributed by atoms with E-state index in [9.17, 15) is 5.11 Å². The summed E-state index contributed by atoms with van der Waals surface area (Å²) in [6.07, 6.45) is -0.580. The van der Waals surface area contributed by atoms with Crippen LogP contribution < -0.4 is 10.5 Å². The van der Waals surface area contributed by atoms with Gasteiger partial charge in [-0.05, 0) is 19.4 Å². The van der Waals surface area contributed by atoms with E-state index in [0.29, 0.717) is 5.88 Å². The summed E-state index contributed by atoms with van der Waals surface area (Å²) in [5.74, 6) is 0.559. The molecule has 0 saturated carbocycles. The first-order chi connectivity index (χ1) is 6.56. The summed E-state index contributed by atoms with van der Waals surface area (Å²) in [7, 11) is 1.57. The Hall–Kier alpha value is -1.13. The average molecular weight is 196 g/mol. The fraction of sp³-hybridized carbons (Fsp3) is 0.500. The molecule has 1 rings (SSSR count). The molecule has 14 heavy (non-hydrogen) atoms. The van der Waals surface area contributed by atoms with E-state index in [0.717, 1.165) is 11.3 Å². The van der Waals surface area contributed by atoms with Gasteiger partial charge in [-0.25, -0.2) is 4.98 Å². The van der Waals surface area contributed by atoms with Crippen LogP contribution in [0.2, 0.25) is 0 Å². The van der Waals surface area contributed by atoms with Crippen LogP contribution in [0.3, 0.4) is 0 Å². The highest BCUT2D eigenvalue weighted by Gasteiger charge is 2.15. The first-order valence-electron chi connectivity index (χ1n) is 4.51. The fourth-order valence-electron chi connectivity index (χ4n) is 1.27. The number of hydrogen-bond donors (Lipinski definition) is 2. The minimum atomic E-state index is -0.580. The van der Waals surface area contributed by atoms with E-state index in [1.54, 1.807) is 20.1 Å². The Morgan fingerprint density at radius 1 is 1.50 bits per heavy atom. The number of nitrogens with zero attached hydrogens (tertiary/aromatic N) is 1. The number of pyridine rings is 1. The number of hydrogen-bond acceptors (Lipinski definition) is 4. The van der Waals surface area contributed by atoms with Crippen molar-refractivity contribution in [2.24, 2.45) is 5.73 Å². The van der Waals surface area contributed by atoms with Crippen molar-refractivity contribution in [2.75, 3.05) is 7.11 Å². The molecule has 1 aromatic heterocycles. The molecule has 2 atom stereocenters. The minimum Gasteiger partial charge on any atom is -0.481 e. The molecule has 0 aromatic carbocycles. The van der Waals surface area contributed by atoms with Gasteiger partial charge in [0.1, 0.15) is 0 Å². The van der Waals surface area contributed by atoms with E-state index in [4.69, 9.17) is 10.5 Å². The second-order valence-electron chi connectivity index (χ2n) is 3.29. The smallest absolute Gasteiger partial charge is 0.213 e. The molecule has 0 aliphatic heterocycles. The molecule has 4 heteroatoms. The lowest BCUT2D eigenvalue weighted by Gasteiger charge is -2.17. The Morgan fingerprint density at radius 2 is 2.14 bits per heavy atom. The molecule has 3 N–H and O–H groups in total. The van der Waals surface area contributed by atoms with Gasteiger partial charge in [-0.2, -0.15) is 0 Å². The topological polar surface area (TPSA) is 68.4 Å². The molecular formula is C10H16N2O2. The second kappa shape index (κ2) is 4.39. The van der Waals surface area contributed by atoms with Gasteiger partial charge < -0.3 is 15.6 Å². The SMILES string of the molecule is COc1ccc([C@@H](N)[C@@H](C)O)c(C)n1. The molecule has 78 valence electrons. The van der Waals surface area contributed by atoms with Crippen LogP contribution >= 0.6 is 0 Å². The van der Waals surface area contributed by atoms with Crippen molar-refractivity contribution in [2.45, 2.75) is 26.0 Å². The van der Waals surface area contributed by atoms with Crippen LogP contribution in [0.25, 0.3) is 0 Å². The lowest BCUT2D eigenvalue weighted by molar-refractivity contribution is 0.163. The third-order valence-corrected chi connectivity index (χ3v) is 2.19. The molecule has 0 aliphatic rings. The van der Waals surface area contributed by atoms with E-state index in [-0.39, 0.29) is 0 Å². The van der Waals surface area contributed by atoms with Crippen LogP contribution in [-0.2, 0) is 0 Å². The number of rotatable bonds is 3. The Balaban J connectivity index is 2.99. The average Bonchev–Trinajstić information content (AvgIpc) is 2.16. The maximum absolute atomic E-state index is 9.34. The number of aryl methyl sites for hydroxylation is 1. The van der Waals surface area contributed by atoms with Crippen molar-refractivity contribution in [3.8, 4) is 5.88 Å². The van der Waals surface area contributed by atoms with Gasteiger partial charge in [0, 0.05) is 11.8 Å². The molecule has 0 amide bonds. The van der Waals surface area contributed by atoms with E-state index in [1.165, 1.54) is 0 Å². The van der Waals surface area contributed by atoms with Crippen LogP contribution in [0.1, 0.15) is 24.2 Å². The van der Waals surface area contributed by atoms with Crippen molar-refractivity contribution in [1.82, 2.24) is 4.98 Å². The maximum atomic E-state index is 9.34. The monoisotopic (exact) mass is 196 g/mol. The number of aliphatic hydroxyl groups is 1. The molecule has 0 spiro atoms. The predicted molar refractivity (Wildman–Crippen MR) is 54.1 cm³/mol. The molecular weight excluding hydrogens is 180 g/mol. The van der Waals surface area contributed by atoms with E-state index in [2.05, 4.69) is 4.98 Å². The van der Waals surface area contributed by atoms with E-state index < -0.39 is 12.1 Å². The Morgan fingerprint density at radius 3 is 2.57 bits per heavy atom. The van der Waals surface area contributed by atoms with Crippen LogP contribution in [0, 0.1) is 6.92 Å². The van der Waals surface area contributed by atoms with Crippen molar-refractivity contribution in [1.29, 1.82) is 0 Å². The van der Waals surface area contributed by atoms with Crippen molar-refractivity contribution in [3.05, 3.63) is 23.4 Å². The third kappa shape index (κ3) is 2.21. The molecule has 0 radical (unpaired) electrons. The van der Waals surface area contributed by atoms with Crippen molar-refractivity contribution in [3.63, 3.8) is 0 Å². The summed E-state index contributed by atoms with van der Waals surface area (Å²) in [6, 6.07) is 3.18. The molecule has 0 fully saturated rings. The Labute approximate surface area is 83.7 Å². The van der Waals surface area contributed by atoms with Gasteiger partial charge >= 0.3 is 0 Å². The second-order valence-corrected chi connectivity index (χ2v) is 3.29. The van der Waals surface area contributed by atoms with Gasteiger partial charge in [0.2, 0.25) is 5.88 Å². The zero-order valence-corrected chi connectivity index (χ0v) is 8.69. The number of nitrogens with two attached hydrogens (primary N) is 1.